The van der Waals surface area contributed by atoms with Gasteiger partial charge in [0.1, 0.15) is 5.76 Å². The molecule has 2 atom stereocenters. The van der Waals surface area contributed by atoms with Crippen molar-refractivity contribution < 1.29 is 4.42 Å². The summed E-state index contributed by atoms with van der Waals surface area (Å²) in [5, 5.41) is 4.39. The van der Waals surface area contributed by atoms with E-state index in [1.165, 1.54) is 25.7 Å². The Kier molecular flexibility index (Phi) is 4.79. The summed E-state index contributed by atoms with van der Waals surface area (Å²) < 4.78 is 6.31. The molecular formula is C12H18BrNOS. The molecule has 0 aliphatic heterocycles. The highest BCUT2D eigenvalue weighted by atomic mass is 79.9. The molecule has 2 unspecified atom stereocenters. The maximum atomic E-state index is 5.49. The van der Waals surface area contributed by atoms with Crippen molar-refractivity contribution in [2.45, 2.75) is 43.5 Å². The first-order chi connectivity index (χ1) is 7.79. The van der Waals surface area contributed by atoms with Gasteiger partial charge in [-0.15, -0.1) is 0 Å². The zero-order valence-corrected chi connectivity index (χ0v) is 11.9. The van der Waals surface area contributed by atoms with Crippen LogP contribution in [0.5, 0.6) is 0 Å². The topological polar surface area (TPSA) is 25.2 Å². The maximum absolute atomic E-state index is 5.49. The van der Waals surface area contributed by atoms with Crippen LogP contribution < -0.4 is 5.32 Å². The number of hydrogen-bond donors (Lipinski definition) is 1. The Bertz CT molecular complexity index is 329. The van der Waals surface area contributed by atoms with Gasteiger partial charge in [0.2, 0.25) is 0 Å². The van der Waals surface area contributed by atoms with Crippen LogP contribution in [-0.2, 0) is 6.54 Å². The van der Waals surface area contributed by atoms with Crippen molar-refractivity contribution in [1.29, 1.82) is 0 Å². The van der Waals surface area contributed by atoms with Crippen molar-refractivity contribution in [1.82, 2.24) is 5.32 Å². The summed E-state index contributed by atoms with van der Waals surface area (Å²) in [7, 11) is 0. The second kappa shape index (κ2) is 6.12. The third-order valence-corrected chi connectivity index (χ3v) is 4.77. The lowest BCUT2D eigenvalue weighted by Crippen LogP contribution is -2.39. The molecule has 1 fully saturated rings. The smallest absolute Gasteiger partial charge is 0.169 e. The van der Waals surface area contributed by atoms with E-state index in [0.717, 1.165) is 22.2 Å². The fourth-order valence-electron chi connectivity index (χ4n) is 2.29. The molecular weight excluding hydrogens is 286 g/mol. The molecule has 1 saturated carbocycles. The summed E-state index contributed by atoms with van der Waals surface area (Å²) in [4.78, 5) is 0. The highest BCUT2D eigenvalue weighted by molar-refractivity contribution is 9.10. The van der Waals surface area contributed by atoms with Gasteiger partial charge < -0.3 is 9.73 Å². The first-order valence-electron chi connectivity index (χ1n) is 5.80. The highest BCUT2D eigenvalue weighted by Crippen LogP contribution is 2.27. The minimum Gasteiger partial charge on any atom is -0.453 e. The van der Waals surface area contributed by atoms with Gasteiger partial charge in [0.05, 0.1) is 6.54 Å². The molecule has 0 bridgehead atoms. The SMILES string of the molecule is CSC1CCCCC1NCc1ccc(Br)o1. The molecule has 2 nitrogen and oxygen atoms in total. The van der Waals surface area contributed by atoms with Gasteiger partial charge in [0, 0.05) is 11.3 Å². The number of thioether (sulfide) groups is 1. The zero-order valence-electron chi connectivity index (χ0n) is 9.54. The van der Waals surface area contributed by atoms with Crippen molar-refractivity contribution in [2.75, 3.05) is 6.26 Å². The molecule has 1 aliphatic rings. The molecule has 16 heavy (non-hydrogen) atoms. The Morgan fingerprint density at radius 1 is 1.44 bits per heavy atom. The molecule has 1 aliphatic carbocycles. The Hall–Kier alpha value is 0.0700. The van der Waals surface area contributed by atoms with E-state index in [0.29, 0.717) is 6.04 Å². The van der Waals surface area contributed by atoms with Gasteiger partial charge in [0.25, 0.3) is 0 Å². The van der Waals surface area contributed by atoms with Crippen LogP contribution in [0.4, 0.5) is 0 Å². The van der Waals surface area contributed by atoms with Gasteiger partial charge in [-0.05, 0) is 47.2 Å². The molecule has 1 aromatic rings. The third-order valence-electron chi connectivity index (χ3n) is 3.17. The number of nitrogens with one attached hydrogen (secondary N) is 1. The van der Waals surface area contributed by atoms with Crippen LogP contribution in [0.15, 0.2) is 21.2 Å². The van der Waals surface area contributed by atoms with E-state index in [4.69, 9.17) is 4.42 Å². The van der Waals surface area contributed by atoms with Crippen LogP contribution in [-0.4, -0.2) is 17.5 Å². The number of furan rings is 1. The summed E-state index contributed by atoms with van der Waals surface area (Å²) in [5.74, 6) is 1.01. The van der Waals surface area contributed by atoms with Crippen LogP contribution in [0.3, 0.4) is 0 Å². The molecule has 0 aromatic carbocycles. The Morgan fingerprint density at radius 3 is 2.94 bits per heavy atom. The van der Waals surface area contributed by atoms with Gasteiger partial charge in [-0.3, -0.25) is 0 Å². The van der Waals surface area contributed by atoms with Crippen molar-refractivity contribution >= 4 is 27.7 Å². The molecule has 0 radical (unpaired) electrons. The van der Waals surface area contributed by atoms with E-state index in [1.54, 1.807) is 0 Å². The quantitative estimate of drug-likeness (QED) is 0.916. The predicted molar refractivity (Wildman–Crippen MR) is 72.8 cm³/mol. The van der Waals surface area contributed by atoms with Crippen LogP contribution in [0.25, 0.3) is 0 Å². The lowest BCUT2D eigenvalue weighted by atomic mass is 9.95. The second-order valence-electron chi connectivity index (χ2n) is 4.25. The van der Waals surface area contributed by atoms with E-state index in [9.17, 15) is 0 Å². The van der Waals surface area contributed by atoms with Crippen LogP contribution in [0, 0.1) is 0 Å². The van der Waals surface area contributed by atoms with Crippen molar-refractivity contribution in [3.8, 4) is 0 Å². The Balaban J connectivity index is 1.84. The van der Waals surface area contributed by atoms with Gasteiger partial charge in [-0.2, -0.15) is 11.8 Å². The Morgan fingerprint density at radius 2 is 2.25 bits per heavy atom. The van der Waals surface area contributed by atoms with Gasteiger partial charge in [0.15, 0.2) is 4.67 Å². The lowest BCUT2D eigenvalue weighted by Gasteiger charge is -2.30. The van der Waals surface area contributed by atoms with Crippen LogP contribution >= 0.6 is 27.7 Å². The largest absolute Gasteiger partial charge is 0.453 e. The number of halogens is 1. The van der Waals surface area contributed by atoms with Gasteiger partial charge >= 0.3 is 0 Å². The van der Waals surface area contributed by atoms with Gasteiger partial charge in [-0.25, -0.2) is 0 Å². The highest BCUT2D eigenvalue weighted by Gasteiger charge is 2.23. The molecule has 1 heterocycles. The monoisotopic (exact) mass is 303 g/mol. The number of hydrogen-bond acceptors (Lipinski definition) is 3. The predicted octanol–water partition coefficient (Wildman–Crippen LogP) is 3.81. The van der Waals surface area contributed by atoms with Gasteiger partial charge in [-0.1, -0.05) is 12.8 Å². The minimum absolute atomic E-state index is 0.646. The maximum Gasteiger partial charge on any atom is 0.169 e. The van der Waals surface area contributed by atoms with E-state index in [2.05, 4.69) is 27.5 Å². The fourth-order valence-corrected chi connectivity index (χ4v) is 3.59. The van der Waals surface area contributed by atoms with Crippen molar-refractivity contribution in [3.63, 3.8) is 0 Å². The summed E-state index contributed by atoms with van der Waals surface area (Å²) in [5.41, 5.74) is 0. The third kappa shape index (κ3) is 3.28. The Labute approximate surface area is 110 Å². The molecule has 2 rings (SSSR count). The molecule has 4 heteroatoms. The molecule has 0 spiro atoms. The minimum atomic E-state index is 0.646. The summed E-state index contributed by atoms with van der Waals surface area (Å²) >= 11 is 5.32. The second-order valence-corrected chi connectivity index (χ2v) is 6.11. The number of rotatable bonds is 4. The first kappa shape index (κ1) is 12.5. The van der Waals surface area contributed by atoms with E-state index < -0.39 is 0 Å². The molecule has 1 N–H and O–H groups in total. The summed E-state index contributed by atoms with van der Waals surface area (Å²) in [6.45, 7) is 0.841. The average molecular weight is 304 g/mol. The molecule has 90 valence electrons. The van der Waals surface area contributed by atoms with Crippen molar-refractivity contribution in [3.05, 3.63) is 22.6 Å². The van der Waals surface area contributed by atoms with E-state index in [-0.39, 0.29) is 0 Å². The first-order valence-corrected chi connectivity index (χ1v) is 7.88. The molecule has 0 saturated heterocycles. The lowest BCUT2D eigenvalue weighted by molar-refractivity contribution is 0.363. The van der Waals surface area contributed by atoms with E-state index in [1.807, 2.05) is 23.9 Å². The fraction of sp³-hybridized carbons (Fsp3) is 0.667. The molecule has 0 amide bonds. The van der Waals surface area contributed by atoms with Crippen LogP contribution in [0.1, 0.15) is 31.4 Å². The van der Waals surface area contributed by atoms with Crippen molar-refractivity contribution in [2.24, 2.45) is 0 Å². The summed E-state index contributed by atoms with van der Waals surface area (Å²) in [6, 6.07) is 4.62. The van der Waals surface area contributed by atoms with Crippen LogP contribution in [0.2, 0.25) is 0 Å². The standard InChI is InChI=1S/C12H18BrNOS/c1-16-11-5-3-2-4-10(11)14-8-9-6-7-12(13)15-9/h6-7,10-11,14H,2-5,8H2,1H3. The van der Waals surface area contributed by atoms with E-state index >= 15 is 0 Å². The normalized spacial score (nSPS) is 25.9. The zero-order chi connectivity index (χ0) is 11.4. The molecule has 1 aromatic heterocycles. The average Bonchev–Trinajstić information content (AvgIpc) is 2.73. The summed E-state index contributed by atoms with van der Waals surface area (Å²) in [6.07, 6.45) is 7.61.